The third kappa shape index (κ3) is 1.98. The van der Waals surface area contributed by atoms with Crippen LogP contribution in [0.1, 0.15) is 12.8 Å². The smallest absolute Gasteiger partial charge is 0.182 e. The molecule has 0 bridgehead atoms. The number of nitrogens with zero attached hydrogens (tertiary/aromatic N) is 5. The highest BCUT2D eigenvalue weighted by Crippen LogP contribution is 2.31. The monoisotopic (exact) mass is 315 g/mol. The van der Waals surface area contributed by atoms with Gasteiger partial charge in [-0.3, -0.25) is 0 Å². The first-order valence-electron chi connectivity index (χ1n) is 8.34. The highest BCUT2D eigenvalue weighted by Gasteiger charge is 2.20. The van der Waals surface area contributed by atoms with Gasteiger partial charge in [0.25, 0.3) is 0 Å². The van der Waals surface area contributed by atoms with Gasteiger partial charge in [0.2, 0.25) is 0 Å². The van der Waals surface area contributed by atoms with Crippen molar-refractivity contribution in [3.05, 3.63) is 55.0 Å². The van der Waals surface area contributed by atoms with E-state index in [1.807, 2.05) is 18.2 Å². The predicted octanol–water partition coefficient (Wildman–Crippen LogP) is 3.54. The van der Waals surface area contributed by atoms with Crippen molar-refractivity contribution in [2.45, 2.75) is 12.8 Å². The van der Waals surface area contributed by atoms with E-state index in [2.05, 4.69) is 49.7 Å². The first-order chi connectivity index (χ1) is 11.9. The number of benzene rings is 1. The molecule has 5 nitrogen and oxygen atoms in total. The lowest BCUT2D eigenvalue weighted by Crippen LogP contribution is -2.20. The van der Waals surface area contributed by atoms with Crippen molar-refractivity contribution in [2.24, 2.45) is 0 Å². The zero-order valence-electron chi connectivity index (χ0n) is 13.3. The van der Waals surface area contributed by atoms with E-state index >= 15 is 0 Å². The highest BCUT2D eigenvalue weighted by atomic mass is 15.2. The van der Waals surface area contributed by atoms with Gasteiger partial charge in [0.05, 0.1) is 11.2 Å². The van der Waals surface area contributed by atoms with Gasteiger partial charge in [-0.25, -0.2) is 15.0 Å². The molecule has 0 saturated carbocycles. The number of hydrogen-bond acceptors (Lipinski definition) is 4. The Morgan fingerprint density at radius 3 is 2.54 bits per heavy atom. The first kappa shape index (κ1) is 13.5. The summed E-state index contributed by atoms with van der Waals surface area (Å²) in [7, 11) is 0. The molecular formula is C19H17N5. The lowest BCUT2D eigenvalue weighted by Gasteiger charge is -2.19. The second-order valence-corrected chi connectivity index (χ2v) is 6.15. The molecular weight excluding hydrogens is 298 g/mol. The van der Waals surface area contributed by atoms with Gasteiger partial charge >= 0.3 is 0 Å². The maximum absolute atomic E-state index is 4.88. The molecule has 1 saturated heterocycles. The average molecular weight is 315 g/mol. The molecule has 5 rings (SSSR count). The Kier molecular flexibility index (Phi) is 2.98. The van der Waals surface area contributed by atoms with Gasteiger partial charge in [0, 0.05) is 24.8 Å². The molecule has 1 aliphatic heterocycles. The van der Waals surface area contributed by atoms with E-state index in [-0.39, 0.29) is 0 Å². The molecule has 0 atom stereocenters. The maximum Gasteiger partial charge on any atom is 0.182 e. The Labute approximate surface area is 139 Å². The van der Waals surface area contributed by atoms with E-state index < -0.39 is 0 Å². The zero-order chi connectivity index (χ0) is 15.9. The SMILES string of the molecule is c1ccc(-c2nc3ncnc(N4CCCC4)c3n3cccc23)cc1. The van der Waals surface area contributed by atoms with E-state index in [0.29, 0.717) is 0 Å². The quantitative estimate of drug-likeness (QED) is 0.567. The van der Waals surface area contributed by atoms with Crippen molar-refractivity contribution in [2.75, 3.05) is 18.0 Å². The molecule has 118 valence electrons. The lowest BCUT2D eigenvalue weighted by molar-refractivity contribution is 0.930. The Morgan fingerprint density at radius 2 is 1.71 bits per heavy atom. The summed E-state index contributed by atoms with van der Waals surface area (Å²) in [6.45, 7) is 2.10. The summed E-state index contributed by atoms with van der Waals surface area (Å²) in [6, 6.07) is 14.4. The van der Waals surface area contributed by atoms with Crippen LogP contribution < -0.4 is 4.90 Å². The van der Waals surface area contributed by atoms with Crippen molar-refractivity contribution in [3.63, 3.8) is 0 Å². The van der Waals surface area contributed by atoms with Crippen LogP contribution in [-0.2, 0) is 0 Å². The van der Waals surface area contributed by atoms with E-state index in [4.69, 9.17) is 4.98 Å². The molecule has 1 aromatic carbocycles. The summed E-state index contributed by atoms with van der Waals surface area (Å²) in [4.78, 5) is 16.3. The summed E-state index contributed by atoms with van der Waals surface area (Å²) in [6.07, 6.45) is 6.15. The molecule has 4 heterocycles. The van der Waals surface area contributed by atoms with Gasteiger partial charge in [-0.15, -0.1) is 0 Å². The normalized spacial score (nSPS) is 14.8. The Balaban J connectivity index is 1.84. The van der Waals surface area contributed by atoms with Crippen LogP contribution in [0.3, 0.4) is 0 Å². The summed E-state index contributed by atoms with van der Waals surface area (Å²) < 4.78 is 2.18. The fraction of sp³-hybridized carbons (Fsp3) is 0.211. The zero-order valence-corrected chi connectivity index (χ0v) is 13.3. The molecule has 4 aromatic rings. The molecule has 3 aromatic heterocycles. The maximum atomic E-state index is 4.88. The summed E-state index contributed by atoms with van der Waals surface area (Å²) in [5, 5.41) is 0. The van der Waals surface area contributed by atoms with Crippen LogP contribution in [0.2, 0.25) is 0 Å². The van der Waals surface area contributed by atoms with E-state index in [1.165, 1.54) is 12.8 Å². The van der Waals surface area contributed by atoms with Crippen molar-refractivity contribution in [1.82, 2.24) is 19.4 Å². The van der Waals surface area contributed by atoms with E-state index in [9.17, 15) is 0 Å². The van der Waals surface area contributed by atoms with Crippen LogP contribution in [0.15, 0.2) is 55.0 Å². The van der Waals surface area contributed by atoms with Crippen LogP contribution in [0.5, 0.6) is 0 Å². The van der Waals surface area contributed by atoms with Gasteiger partial charge in [-0.1, -0.05) is 30.3 Å². The van der Waals surface area contributed by atoms with Crippen molar-refractivity contribution in [3.8, 4) is 11.3 Å². The van der Waals surface area contributed by atoms with Crippen molar-refractivity contribution in [1.29, 1.82) is 0 Å². The van der Waals surface area contributed by atoms with Crippen LogP contribution in [0.25, 0.3) is 27.9 Å². The minimum atomic E-state index is 0.745. The molecule has 0 radical (unpaired) electrons. The minimum absolute atomic E-state index is 0.745. The van der Waals surface area contributed by atoms with Crippen LogP contribution in [0, 0.1) is 0 Å². The fourth-order valence-corrected chi connectivity index (χ4v) is 3.56. The Morgan fingerprint density at radius 1 is 0.875 bits per heavy atom. The van der Waals surface area contributed by atoms with Crippen molar-refractivity contribution >= 4 is 22.5 Å². The summed E-state index contributed by atoms with van der Waals surface area (Å²) in [5.41, 5.74) is 4.89. The lowest BCUT2D eigenvalue weighted by atomic mass is 10.1. The number of fused-ring (bicyclic) bond motifs is 3. The average Bonchev–Trinajstić information content (AvgIpc) is 3.33. The van der Waals surface area contributed by atoms with E-state index in [0.717, 1.165) is 46.8 Å². The molecule has 0 aliphatic carbocycles. The van der Waals surface area contributed by atoms with Crippen LogP contribution >= 0.6 is 0 Å². The van der Waals surface area contributed by atoms with Gasteiger partial charge in [-0.2, -0.15) is 0 Å². The van der Waals surface area contributed by atoms with Crippen LogP contribution in [0.4, 0.5) is 5.82 Å². The first-order valence-corrected chi connectivity index (χ1v) is 8.34. The molecule has 0 unspecified atom stereocenters. The van der Waals surface area contributed by atoms with Gasteiger partial charge in [-0.05, 0) is 25.0 Å². The molecule has 1 fully saturated rings. The third-order valence-corrected chi connectivity index (χ3v) is 4.69. The minimum Gasteiger partial charge on any atom is -0.355 e. The summed E-state index contributed by atoms with van der Waals surface area (Å²) >= 11 is 0. The fourth-order valence-electron chi connectivity index (χ4n) is 3.56. The summed E-state index contributed by atoms with van der Waals surface area (Å²) in [5.74, 6) is 0.991. The second kappa shape index (κ2) is 5.30. The second-order valence-electron chi connectivity index (χ2n) is 6.15. The molecule has 0 spiro atoms. The third-order valence-electron chi connectivity index (χ3n) is 4.69. The number of rotatable bonds is 2. The standard InChI is InChI=1S/C19H17N5/c1-2-7-14(8-3-1)16-15-9-6-12-24(15)17-18(22-16)20-13-21-19(17)23-10-4-5-11-23/h1-3,6-9,12-13H,4-5,10-11H2. The van der Waals surface area contributed by atoms with Crippen LogP contribution in [-0.4, -0.2) is 32.4 Å². The molecule has 24 heavy (non-hydrogen) atoms. The van der Waals surface area contributed by atoms with Gasteiger partial charge in [0.15, 0.2) is 11.5 Å². The Hall–Kier alpha value is -2.95. The van der Waals surface area contributed by atoms with Crippen molar-refractivity contribution < 1.29 is 0 Å². The largest absolute Gasteiger partial charge is 0.355 e. The predicted molar refractivity (Wildman–Crippen MR) is 95.2 cm³/mol. The number of hydrogen-bond donors (Lipinski definition) is 0. The van der Waals surface area contributed by atoms with Gasteiger partial charge in [0.1, 0.15) is 11.8 Å². The number of anilines is 1. The van der Waals surface area contributed by atoms with Gasteiger partial charge < -0.3 is 9.30 Å². The highest BCUT2D eigenvalue weighted by molar-refractivity contribution is 5.91. The van der Waals surface area contributed by atoms with E-state index in [1.54, 1.807) is 6.33 Å². The number of aromatic nitrogens is 4. The molecule has 0 N–H and O–H groups in total. The molecule has 0 amide bonds. The molecule has 1 aliphatic rings. The molecule has 5 heteroatoms. The topological polar surface area (TPSA) is 46.3 Å². The Bertz CT molecular complexity index is 1020.